The Morgan fingerprint density at radius 2 is 2.19 bits per heavy atom. The van der Waals surface area contributed by atoms with Gasteiger partial charge in [-0.1, -0.05) is 41.1 Å². The number of nitrogens with zero attached hydrogens (tertiary/aromatic N) is 1. The third-order valence-corrected chi connectivity index (χ3v) is 3.01. The maximum Gasteiger partial charge on any atom is 0.138 e. The van der Waals surface area contributed by atoms with Crippen LogP contribution in [0.5, 0.6) is 0 Å². The maximum atomic E-state index is 4.37. The van der Waals surface area contributed by atoms with Crippen LogP contribution in [0.2, 0.25) is 0 Å². The molecule has 0 saturated carbocycles. The first kappa shape index (κ1) is 11.4. The number of rotatable bonds is 4. The third kappa shape index (κ3) is 2.51. The molecule has 0 radical (unpaired) electrons. The molecule has 3 nitrogen and oxygen atoms in total. The summed E-state index contributed by atoms with van der Waals surface area (Å²) >= 11 is 3.52. The van der Waals surface area contributed by atoms with Crippen LogP contribution in [0, 0.1) is 0 Å². The number of aromatic amines is 1. The summed E-state index contributed by atoms with van der Waals surface area (Å²) in [6, 6.07) is 8.06. The van der Waals surface area contributed by atoms with Gasteiger partial charge in [-0.3, -0.25) is 0 Å². The highest BCUT2D eigenvalue weighted by Crippen LogP contribution is 2.25. The van der Waals surface area contributed by atoms with Gasteiger partial charge in [-0.15, -0.1) is 0 Å². The Balaban J connectivity index is 2.22. The van der Waals surface area contributed by atoms with E-state index in [1.54, 1.807) is 0 Å². The Labute approximate surface area is 103 Å². The molecule has 0 saturated heterocycles. The Hall–Kier alpha value is -1.13. The average molecular weight is 280 g/mol. The van der Waals surface area contributed by atoms with E-state index in [-0.39, 0.29) is 0 Å². The van der Waals surface area contributed by atoms with Crippen LogP contribution < -0.4 is 5.32 Å². The lowest BCUT2D eigenvalue weighted by atomic mass is 10.2. The molecule has 2 aromatic rings. The van der Waals surface area contributed by atoms with Crippen LogP contribution in [0.3, 0.4) is 0 Å². The molecule has 2 rings (SSSR count). The zero-order valence-electron chi connectivity index (χ0n) is 9.13. The van der Waals surface area contributed by atoms with Crippen LogP contribution in [-0.4, -0.2) is 16.5 Å². The number of hydrogen-bond acceptors (Lipinski definition) is 2. The first-order valence-electron chi connectivity index (χ1n) is 5.30. The summed E-state index contributed by atoms with van der Waals surface area (Å²) in [5, 5.41) is 3.26. The van der Waals surface area contributed by atoms with Crippen molar-refractivity contribution in [2.75, 3.05) is 6.54 Å². The summed E-state index contributed by atoms with van der Waals surface area (Å²) in [5.41, 5.74) is 2.19. The van der Waals surface area contributed by atoms with Gasteiger partial charge in [0.1, 0.15) is 5.82 Å². The fourth-order valence-electron chi connectivity index (χ4n) is 1.50. The molecule has 0 unspecified atom stereocenters. The third-order valence-electron chi connectivity index (χ3n) is 2.32. The fourth-order valence-corrected chi connectivity index (χ4v) is 1.97. The van der Waals surface area contributed by atoms with Gasteiger partial charge in [0.05, 0.1) is 0 Å². The minimum absolute atomic E-state index is 0.827. The van der Waals surface area contributed by atoms with Gasteiger partial charge in [-0.25, -0.2) is 4.98 Å². The van der Waals surface area contributed by atoms with Crippen molar-refractivity contribution >= 4 is 15.9 Å². The van der Waals surface area contributed by atoms with Crippen molar-refractivity contribution in [1.29, 1.82) is 0 Å². The second-order valence-electron chi connectivity index (χ2n) is 3.52. The second kappa shape index (κ2) is 5.27. The van der Waals surface area contributed by atoms with Crippen LogP contribution >= 0.6 is 15.9 Å². The zero-order valence-corrected chi connectivity index (χ0v) is 10.7. The van der Waals surface area contributed by atoms with Gasteiger partial charge in [0.25, 0.3) is 0 Å². The van der Waals surface area contributed by atoms with E-state index in [1.165, 1.54) is 0 Å². The number of hydrogen-bond donors (Lipinski definition) is 2. The molecule has 0 fully saturated rings. The zero-order chi connectivity index (χ0) is 11.4. The monoisotopic (exact) mass is 279 g/mol. The van der Waals surface area contributed by atoms with Gasteiger partial charge in [0, 0.05) is 28.5 Å². The minimum atomic E-state index is 0.827. The number of halogens is 1. The van der Waals surface area contributed by atoms with Gasteiger partial charge in [0.15, 0.2) is 0 Å². The summed E-state index contributed by atoms with van der Waals surface area (Å²) < 4.78 is 1.05. The molecular weight excluding hydrogens is 266 g/mol. The Bertz CT molecular complexity index is 465. The summed E-state index contributed by atoms with van der Waals surface area (Å²) in [6.45, 7) is 3.88. The molecule has 1 aromatic carbocycles. The lowest BCUT2D eigenvalue weighted by Crippen LogP contribution is -2.11. The summed E-state index contributed by atoms with van der Waals surface area (Å²) in [5.74, 6) is 0.903. The largest absolute Gasteiger partial charge is 0.341 e. The van der Waals surface area contributed by atoms with Crippen LogP contribution in [0.15, 0.2) is 34.9 Å². The molecule has 0 spiro atoms. The van der Waals surface area contributed by atoms with Gasteiger partial charge in [-0.05, 0) is 12.6 Å². The van der Waals surface area contributed by atoms with Crippen molar-refractivity contribution in [3.8, 4) is 11.4 Å². The maximum absolute atomic E-state index is 4.37. The molecule has 0 atom stereocenters. The Morgan fingerprint density at radius 1 is 1.38 bits per heavy atom. The van der Waals surface area contributed by atoms with E-state index < -0.39 is 0 Å². The lowest BCUT2D eigenvalue weighted by molar-refractivity contribution is 0.714. The van der Waals surface area contributed by atoms with Crippen LogP contribution in [0.25, 0.3) is 11.4 Å². The van der Waals surface area contributed by atoms with Crippen LogP contribution in [-0.2, 0) is 6.54 Å². The highest BCUT2D eigenvalue weighted by molar-refractivity contribution is 9.10. The predicted octanol–water partition coefficient (Wildman–Crippen LogP) is 2.95. The molecule has 4 heteroatoms. The Kier molecular flexibility index (Phi) is 3.74. The molecule has 84 valence electrons. The molecule has 0 aliphatic carbocycles. The summed E-state index contributed by atoms with van der Waals surface area (Å²) in [7, 11) is 0. The van der Waals surface area contributed by atoms with Crippen molar-refractivity contribution in [2.45, 2.75) is 13.5 Å². The van der Waals surface area contributed by atoms with E-state index >= 15 is 0 Å². The number of aromatic nitrogens is 2. The molecule has 1 heterocycles. The lowest BCUT2D eigenvalue weighted by Gasteiger charge is -2.00. The fraction of sp³-hybridized carbons (Fsp3) is 0.250. The summed E-state index contributed by atoms with van der Waals surface area (Å²) in [4.78, 5) is 7.68. The normalized spacial score (nSPS) is 10.6. The van der Waals surface area contributed by atoms with Crippen molar-refractivity contribution < 1.29 is 0 Å². The first-order valence-corrected chi connectivity index (χ1v) is 6.10. The first-order chi connectivity index (χ1) is 7.81. The number of imidazole rings is 1. The van der Waals surface area contributed by atoms with Gasteiger partial charge < -0.3 is 10.3 Å². The topological polar surface area (TPSA) is 40.7 Å². The molecule has 1 aromatic heterocycles. The highest BCUT2D eigenvalue weighted by Gasteiger charge is 2.05. The smallest absolute Gasteiger partial charge is 0.138 e. The molecular formula is C12H14BrN3. The SMILES string of the molecule is CCNCc1cnc(-c2ccccc2Br)[nH]1. The quantitative estimate of drug-likeness (QED) is 0.904. The van der Waals surface area contributed by atoms with Crippen LogP contribution in [0.1, 0.15) is 12.6 Å². The molecule has 0 bridgehead atoms. The second-order valence-corrected chi connectivity index (χ2v) is 4.37. The van der Waals surface area contributed by atoms with Gasteiger partial charge in [0.2, 0.25) is 0 Å². The van der Waals surface area contributed by atoms with Crippen molar-refractivity contribution in [1.82, 2.24) is 15.3 Å². The van der Waals surface area contributed by atoms with E-state index in [0.29, 0.717) is 0 Å². The van der Waals surface area contributed by atoms with Gasteiger partial charge in [-0.2, -0.15) is 0 Å². The summed E-state index contributed by atoms with van der Waals surface area (Å²) in [6.07, 6.45) is 1.87. The molecule has 2 N–H and O–H groups in total. The van der Waals surface area contributed by atoms with Crippen molar-refractivity contribution in [2.24, 2.45) is 0 Å². The number of nitrogens with one attached hydrogen (secondary N) is 2. The van der Waals surface area contributed by atoms with E-state index in [4.69, 9.17) is 0 Å². The van der Waals surface area contributed by atoms with E-state index in [0.717, 1.165) is 34.6 Å². The minimum Gasteiger partial charge on any atom is -0.341 e. The van der Waals surface area contributed by atoms with E-state index in [1.807, 2.05) is 30.5 Å². The number of benzene rings is 1. The van der Waals surface area contributed by atoms with Gasteiger partial charge >= 0.3 is 0 Å². The molecule has 0 aliphatic heterocycles. The van der Waals surface area contributed by atoms with Crippen molar-refractivity contribution in [3.05, 3.63) is 40.6 Å². The van der Waals surface area contributed by atoms with Crippen LogP contribution in [0.4, 0.5) is 0 Å². The standard InChI is InChI=1S/C12H14BrN3/c1-2-14-7-9-8-15-12(16-9)10-5-3-4-6-11(10)13/h3-6,8,14H,2,7H2,1H3,(H,15,16). The molecule has 16 heavy (non-hydrogen) atoms. The Morgan fingerprint density at radius 3 is 2.94 bits per heavy atom. The molecule has 0 aliphatic rings. The van der Waals surface area contributed by atoms with Crippen molar-refractivity contribution in [3.63, 3.8) is 0 Å². The number of H-pyrrole nitrogens is 1. The van der Waals surface area contributed by atoms with E-state index in [9.17, 15) is 0 Å². The molecule has 0 amide bonds. The highest BCUT2D eigenvalue weighted by atomic mass is 79.9. The average Bonchev–Trinajstić information content (AvgIpc) is 2.75. The predicted molar refractivity (Wildman–Crippen MR) is 69.1 cm³/mol. The van der Waals surface area contributed by atoms with E-state index in [2.05, 4.69) is 38.1 Å².